The normalized spacial score (nSPS) is 13.6. The quantitative estimate of drug-likeness (QED) is 0.0972. The van der Waals surface area contributed by atoms with Crippen molar-refractivity contribution in [2.24, 2.45) is 0 Å². The molecule has 2 heterocycles. The molecule has 2 aromatic carbocycles. The summed E-state index contributed by atoms with van der Waals surface area (Å²) in [4.78, 5) is 23.2. The van der Waals surface area contributed by atoms with Crippen LogP contribution in [-0.2, 0) is 9.53 Å². The second kappa shape index (κ2) is 11.3. The molecule has 0 fully saturated rings. The Morgan fingerprint density at radius 1 is 0.951 bits per heavy atom. The third-order valence-corrected chi connectivity index (χ3v) is 5.39. The van der Waals surface area contributed by atoms with Crippen LogP contribution in [0.4, 0.5) is 25.2 Å². The number of nitrogens with zero attached hydrogens (tertiary/aromatic N) is 6. The second-order valence-corrected chi connectivity index (χ2v) is 11.0. The molecule has 0 N–H and O–H groups in total. The Kier molecular flexibility index (Phi) is 8.63. The van der Waals surface area contributed by atoms with Crippen LogP contribution < -0.4 is 4.84 Å². The Hall–Kier alpha value is -4.26. The number of pyridine rings is 1. The third kappa shape index (κ3) is 9.41. The molecule has 41 heavy (non-hydrogen) atoms. The molecule has 2 aromatic heterocycles. The van der Waals surface area contributed by atoms with Crippen LogP contribution in [0, 0.1) is 0 Å². The summed E-state index contributed by atoms with van der Waals surface area (Å²) >= 11 is 0. The van der Waals surface area contributed by atoms with Crippen molar-refractivity contribution in [1.29, 1.82) is 0 Å². The summed E-state index contributed by atoms with van der Waals surface area (Å²) in [5.74, 6) is 0.142. The van der Waals surface area contributed by atoms with Gasteiger partial charge in [-0.1, -0.05) is 48.5 Å². The van der Waals surface area contributed by atoms with Gasteiger partial charge in [0, 0.05) is 12.1 Å². The van der Waals surface area contributed by atoms with Crippen LogP contribution in [0.15, 0.2) is 66.9 Å². The smallest absolute Gasteiger partial charge is 0.417 e. The molecule has 0 saturated carbocycles. The van der Waals surface area contributed by atoms with E-state index in [9.17, 15) is 30.0 Å². The number of hydrogen-bond acceptors (Lipinski definition) is 6. The fraction of sp³-hybridized carbons (Fsp3) is 0.240. The van der Waals surface area contributed by atoms with Gasteiger partial charge in [-0.05, 0) is 44.4 Å². The first kappa shape index (κ1) is 31.3. The standard InChI is InChI=1S/C15H11O2.C10H15N6O.F6P/c16-10-17-9-15-13-7-3-1-5-11(13)12-6-2-4-8-14(12)15;1-14(2)10(15(3)4)17-16-9-8(12-13-16)6-5-7-11-9;1-7(2,3,4,5)6/h1-8,15H,9H2;5-7H,1-4H3;/q;+1;-1. The minimum absolute atomic E-state index is 0.142. The van der Waals surface area contributed by atoms with Crippen molar-refractivity contribution >= 4 is 31.5 Å². The summed E-state index contributed by atoms with van der Waals surface area (Å²) in [5, 5.41) is 7.87. The summed E-state index contributed by atoms with van der Waals surface area (Å²) in [6, 6.07) is 20.8. The first-order chi connectivity index (χ1) is 19.0. The summed E-state index contributed by atoms with van der Waals surface area (Å²) in [5.41, 5.74) is 6.22. The second-order valence-electron chi connectivity index (χ2n) is 9.05. The molecule has 1 aliphatic rings. The molecule has 16 heteroatoms. The van der Waals surface area contributed by atoms with Gasteiger partial charge < -0.3 is 4.74 Å². The van der Waals surface area contributed by atoms with Gasteiger partial charge in [0.1, 0.15) is 12.1 Å². The van der Waals surface area contributed by atoms with Crippen LogP contribution in [0.3, 0.4) is 0 Å². The molecule has 0 bridgehead atoms. The molecule has 221 valence electrons. The molecular weight excluding hydrogens is 577 g/mol. The molecule has 9 nitrogen and oxygen atoms in total. The Bertz CT molecular complexity index is 1500. The number of fused-ring (bicyclic) bond motifs is 4. The number of hydrogen-bond donors (Lipinski definition) is 0. The van der Waals surface area contributed by atoms with Crippen LogP contribution in [0.1, 0.15) is 17.0 Å². The van der Waals surface area contributed by atoms with E-state index in [4.69, 9.17) is 9.57 Å². The Labute approximate surface area is 230 Å². The molecule has 0 aliphatic heterocycles. The van der Waals surface area contributed by atoms with Gasteiger partial charge in [0.05, 0.1) is 28.2 Å². The molecule has 0 unspecified atom stereocenters. The van der Waals surface area contributed by atoms with Crippen LogP contribution in [-0.4, -0.2) is 76.9 Å². The van der Waals surface area contributed by atoms with E-state index in [1.165, 1.54) is 33.6 Å². The Morgan fingerprint density at radius 3 is 1.98 bits per heavy atom. The van der Waals surface area contributed by atoms with Crippen LogP contribution in [0.5, 0.6) is 0 Å². The van der Waals surface area contributed by atoms with Crippen LogP contribution in [0.2, 0.25) is 0 Å². The van der Waals surface area contributed by atoms with E-state index in [1.54, 1.807) is 6.20 Å². The maximum absolute atomic E-state index is 10.7. The number of amidine groups is 1. The first-order valence-corrected chi connectivity index (χ1v) is 13.8. The van der Waals surface area contributed by atoms with Gasteiger partial charge in [0.2, 0.25) is 5.65 Å². The van der Waals surface area contributed by atoms with Crippen molar-refractivity contribution in [3.8, 4) is 11.1 Å². The predicted octanol–water partition coefficient (Wildman–Crippen LogP) is 5.71. The minimum atomic E-state index is -10.7. The van der Waals surface area contributed by atoms with Crippen molar-refractivity contribution in [1.82, 2.24) is 25.0 Å². The maximum Gasteiger partial charge on any atom is 0.417 e. The van der Waals surface area contributed by atoms with Crippen molar-refractivity contribution < 1.29 is 44.1 Å². The van der Waals surface area contributed by atoms with E-state index in [0.717, 1.165) is 0 Å². The fourth-order valence-corrected chi connectivity index (χ4v) is 4.00. The summed E-state index contributed by atoms with van der Waals surface area (Å²) in [6.07, 6.45) is 1.68. The average Bonchev–Trinajstić information content (AvgIpc) is 3.43. The van der Waals surface area contributed by atoms with Crippen molar-refractivity contribution in [2.45, 2.75) is 5.92 Å². The topological polar surface area (TPSA) is 85.4 Å². The van der Waals surface area contributed by atoms with Crippen molar-refractivity contribution in [3.63, 3.8) is 0 Å². The van der Waals surface area contributed by atoms with Gasteiger partial charge in [-0.2, -0.15) is 0 Å². The summed E-state index contributed by atoms with van der Waals surface area (Å²) < 4.78 is 65.9. The number of carbonyl (C=O) groups excluding carboxylic acids is 1. The van der Waals surface area contributed by atoms with E-state index < -0.39 is 7.81 Å². The maximum atomic E-state index is 10.2. The summed E-state index contributed by atoms with van der Waals surface area (Å²) in [6.45, 7) is 1.86. The largest absolute Gasteiger partial charge is 0.456 e. The number of aromatic nitrogens is 4. The Morgan fingerprint density at radius 2 is 1.49 bits per heavy atom. The molecular formula is C25H26F6N6O3P. The minimum Gasteiger partial charge on any atom is -0.456 e. The molecule has 1 aliphatic carbocycles. The molecule has 0 spiro atoms. The molecule has 0 saturated heterocycles. The number of benzene rings is 2. The number of rotatable bonds is 4. The van der Waals surface area contributed by atoms with Crippen LogP contribution in [0.25, 0.3) is 22.3 Å². The van der Waals surface area contributed by atoms with Gasteiger partial charge in [-0.3, -0.25) is 4.84 Å². The van der Waals surface area contributed by atoms with Gasteiger partial charge >= 0.3 is 45.5 Å². The molecule has 1 radical (unpaired) electrons. The van der Waals surface area contributed by atoms with Crippen molar-refractivity contribution in [2.75, 3.05) is 34.8 Å². The number of halogens is 6. The first-order valence-electron chi connectivity index (χ1n) is 11.8. The zero-order valence-corrected chi connectivity index (χ0v) is 23.2. The van der Waals surface area contributed by atoms with E-state index in [2.05, 4.69) is 39.6 Å². The van der Waals surface area contributed by atoms with Crippen LogP contribution >= 0.6 is 7.81 Å². The fourth-order valence-electron chi connectivity index (χ4n) is 4.00. The molecule has 4 aromatic rings. The van der Waals surface area contributed by atoms with Gasteiger partial charge in [0.25, 0.3) is 0 Å². The predicted molar refractivity (Wildman–Crippen MR) is 142 cm³/mol. The Balaban J connectivity index is 0.000000185. The van der Waals surface area contributed by atoms with E-state index in [-0.39, 0.29) is 5.92 Å². The van der Waals surface area contributed by atoms with Gasteiger partial charge in [0.15, 0.2) is 0 Å². The SMILES string of the molecule is CN(C)C(On1nnc2cccnc21)=[N+](C)C.F[P-](F)(F)(F)(F)F.O=[C]OCC1c2ccccc2-c2ccccc21. The van der Waals surface area contributed by atoms with E-state index >= 15 is 0 Å². The zero-order chi connectivity index (χ0) is 30.5. The van der Waals surface area contributed by atoms with Crippen molar-refractivity contribution in [3.05, 3.63) is 78.0 Å². The van der Waals surface area contributed by atoms with E-state index in [1.807, 2.05) is 74.1 Å². The summed E-state index contributed by atoms with van der Waals surface area (Å²) in [7, 11) is -3.09. The third-order valence-electron chi connectivity index (χ3n) is 5.39. The van der Waals surface area contributed by atoms with E-state index in [0.29, 0.717) is 23.8 Å². The average molecular weight is 603 g/mol. The molecule has 0 atom stereocenters. The molecule has 0 amide bonds. The molecule has 5 rings (SSSR count). The monoisotopic (exact) mass is 603 g/mol. The zero-order valence-electron chi connectivity index (χ0n) is 22.3. The van der Waals surface area contributed by atoms with Gasteiger partial charge in [-0.25, -0.2) is 19.3 Å². The van der Waals surface area contributed by atoms with Gasteiger partial charge in [-0.15, -0.1) is 5.10 Å². The number of ether oxygens (including phenoxy) is 1.